The van der Waals surface area contributed by atoms with Gasteiger partial charge in [0.25, 0.3) is 5.91 Å². The monoisotopic (exact) mass is 464 g/mol. The van der Waals surface area contributed by atoms with Crippen LogP contribution >= 0.6 is 11.6 Å². The summed E-state index contributed by atoms with van der Waals surface area (Å²) in [5.41, 5.74) is 3.35. The number of aromatic nitrogens is 1. The first-order valence-corrected chi connectivity index (χ1v) is 11.3. The van der Waals surface area contributed by atoms with Gasteiger partial charge in [0, 0.05) is 42.7 Å². The van der Waals surface area contributed by atoms with Crippen LogP contribution in [0.1, 0.15) is 23.7 Å². The van der Waals surface area contributed by atoms with E-state index in [0.29, 0.717) is 60.3 Å². The number of para-hydroxylation sites is 1. The number of amides is 2. The highest BCUT2D eigenvalue weighted by Crippen LogP contribution is 2.33. The van der Waals surface area contributed by atoms with Crippen LogP contribution in [0.15, 0.2) is 53.5 Å². The standard InChI is InChI=1S/C25H25ClN4O3/c1-3-14-33-25(32)30-12-10-29(11-13-30)24(31)17-8-9-18-20(26)16-23(28-22(18)15-17)19-6-4-5-7-21(19)27-2/h4-9,15-16H,2-3,10-14H2,1H3. The molecular weight excluding hydrogens is 440 g/mol. The molecule has 0 spiro atoms. The van der Waals surface area contributed by atoms with E-state index in [1.807, 2.05) is 37.3 Å². The fourth-order valence-corrected chi connectivity index (χ4v) is 4.10. The molecule has 2 aromatic carbocycles. The number of piperazine rings is 1. The van der Waals surface area contributed by atoms with Crippen molar-refractivity contribution < 1.29 is 14.3 Å². The SMILES string of the molecule is C=Nc1ccccc1-c1cc(Cl)c2ccc(C(=O)N3CCN(C(=O)OCCC)CC3)cc2n1. The van der Waals surface area contributed by atoms with Gasteiger partial charge >= 0.3 is 6.09 Å². The minimum atomic E-state index is -0.324. The van der Waals surface area contributed by atoms with Crippen molar-refractivity contribution in [3.63, 3.8) is 0 Å². The van der Waals surface area contributed by atoms with E-state index < -0.39 is 0 Å². The molecule has 0 radical (unpaired) electrons. The molecule has 1 aliphatic heterocycles. The summed E-state index contributed by atoms with van der Waals surface area (Å²) in [4.78, 5) is 37.4. The molecule has 2 heterocycles. The van der Waals surface area contributed by atoms with Crippen LogP contribution in [0.25, 0.3) is 22.2 Å². The number of fused-ring (bicyclic) bond motifs is 1. The lowest BCUT2D eigenvalue weighted by atomic mass is 10.1. The zero-order valence-corrected chi connectivity index (χ0v) is 19.2. The molecule has 0 unspecified atom stereocenters. The number of nitrogens with zero attached hydrogens (tertiary/aromatic N) is 4. The minimum absolute atomic E-state index is 0.102. The number of pyridine rings is 1. The van der Waals surface area contributed by atoms with Crippen molar-refractivity contribution in [2.45, 2.75) is 13.3 Å². The summed E-state index contributed by atoms with van der Waals surface area (Å²) in [7, 11) is 0. The molecular formula is C25H25ClN4O3. The second kappa shape index (κ2) is 10.0. The van der Waals surface area contributed by atoms with Crippen LogP contribution in [0.5, 0.6) is 0 Å². The Hall–Kier alpha value is -3.45. The van der Waals surface area contributed by atoms with E-state index in [4.69, 9.17) is 21.3 Å². The first kappa shape index (κ1) is 22.7. The molecule has 1 aromatic heterocycles. The van der Waals surface area contributed by atoms with Crippen molar-refractivity contribution in [3.8, 4) is 11.3 Å². The van der Waals surface area contributed by atoms with E-state index in [1.165, 1.54) is 0 Å². The van der Waals surface area contributed by atoms with Crippen LogP contribution in [0.3, 0.4) is 0 Å². The smallest absolute Gasteiger partial charge is 0.409 e. The quantitative estimate of drug-likeness (QED) is 0.487. The van der Waals surface area contributed by atoms with Gasteiger partial charge in [0.2, 0.25) is 0 Å². The van der Waals surface area contributed by atoms with Crippen LogP contribution in [0, 0.1) is 0 Å². The van der Waals surface area contributed by atoms with Crippen molar-refractivity contribution in [1.82, 2.24) is 14.8 Å². The highest BCUT2D eigenvalue weighted by Gasteiger charge is 2.26. The lowest BCUT2D eigenvalue weighted by molar-refractivity contribution is 0.0560. The van der Waals surface area contributed by atoms with E-state index in [0.717, 1.165) is 17.4 Å². The number of rotatable bonds is 5. The molecule has 4 rings (SSSR count). The number of carbonyl (C=O) groups is 2. The largest absolute Gasteiger partial charge is 0.449 e. The summed E-state index contributed by atoms with van der Waals surface area (Å²) in [5, 5.41) is 1.32. The number of hydrogen-bond donors (Lipinski definition) is 0. The molecule has 0 aliphatic carbocycles. The van der Waals surface area contributed by atoms with Gasteiger partial charge in [0.15, 0.2) is 0 Å². The fourth-order valence-electron chi connectivity index (χ4n) is 3.84. The number of aliphatic imine (C=N–C) groups is 1. The van der Waals surface area contributed by atoms with E-state index in [1.54, 1.807) is 28.0 Å². The molecule has 1 aliphatic rings. The summed E-state index contributed by atoms with van der Waals surface area (Å²) in [6.45, 7) is 7.77. The van der Waals surface area contributed by atoms with Gasteiger partial charge in [0.1, 0.15) is 0 Å². The maximum atomic E-state index is 13.1. The molecule has 0 bridgehead atoms. The first-order chi connectivity index (χ1) is 16.0. The summed E-state index contributed by atoms with van der Waals surface area (Å²) >= 11 is 6.54. The van der Waals surface area contributed by atoms with Crippen molar-refractivity contribution in [2.75, 3.05) is 32.8 Å². The average Bonchev–Trinajstić information content (AvgIpc) is 2.86. The Bertz CT molecular complexity index is 1210. The molecule has 1 fully saturated rings. The molecule has 33 heavy (non-hydrogen) atoms. The van der Waals surface area contributed by atoms with E-state index in [9.17, 15) is 9.59 Å². The maximum Gasteiger partial charge on any atom is 0.409 e. The molecule has 1 saturated heterocycles. The second-order valence-corrected chi connectivity index (χ2v) is 8.20. The van der Waals surface area contributed by atoms with Crippen molar-refractivity contribution in [1.29, 1.82) is 0 Å². The highest BCUT2D eigenvalue weighted by molar-refractivity contribution is 6.35. The average molecular weight is 465 g/mol. The number of halogens is 1. The lowest BCUT2D eigenvalue weighted by Gasteiger charge is -2.34. The zero-order valence-electron chi connectivity index (χ0n) is 18.5. The van der Waals surface area contributed by atoms with Gasteiger partial charge in [-0.25, -0.2) is 9.78 Å². The van der Waals surface area contributed by atoms with Crippen molar-refractivity contribution in [3.05, 3.63) is 59.1 Å². The topological polar surface area (TPSA) is 75.1 Å². The highest BCUT2D eigenvalue weighted by atomic mass is 35.5. The van der Waals surface area contributed by atoms with Gasteiger partial charge in [-0.05, 0) is 37.4 Å². The number of benzene rings is 2. The predicted molar refractivity (Wildman–Crippen MR) is 131 cm³/mol. The van der Waals surface area contributed by atoms with E-state index in [-0.39, 0.29) is 12.0 Å². The summed E-state index contributed by atoms with van der Waals surface area (Å²) in [6, 6.07) is 14.7. The number of hydrogen-bond acceptors (Lipinski definition) is 5. The summed E-state index contributed by atoms with van der Waals surface area (Å²) < 4.78 is 5.19. The summed E-state index contributed by atoms with van der Waals surface area (Å²) in [5.74, 6) is -0.102. The van der Waals surface area contributed by atoms with Crippen LogP contribution in [0.2, 0.25) is 5.02 Å². The molecule has 7 nitrogen and oxygen atoms in total. The van der Waals surface area contributed by atoms with Gasteiger partial charge in [0.05, 0.1) is 28.5 Å². The Morgan fingerprint density at radius 2 is 1.82 bits per heavy atom. The van der Waals surface area contributed by atoms with Crippen molar-refractivity contribution >= 4 is 46.9 Å². The van der Waals surface area contributed by atoms with Crippen molar-refractivity contribution in [2.24, 2.45) is 4.99 Å². The van der Waals surface area contributed by atoms with Crippen LogP contribution in [-0.2, 0) is 4.74 Å². The number of ether oxygens (including phenoxy) is 1. The normalized spacial score (nSPS) is 13.8. The maximum absolute atomic E-state index is 13.1. The van der Waals surface area contributed by atoms with Crippen LogP contribution in [0.4, 0.5) is 10.5 Å². The third kappa shape index (κ3) is 4.83. The predicted octanol–water partition coefficient (Wildman–Crippen LogP) is 5.19. The van der Waals surface area contributed by atoms with Gasteiger partial charge in [-0.2, -0.15) is 0 Å². The van der Waals surface area contributed by atoms with Crippen LogP contribution in [-0.4, -0.2) is 66.3 Å². The third-order valence-electron chi connectivity index (χ3n) is 5.61. The van der Waals surface area contributed by atoms with Gasteiger partial charge in [-0.1, -0.05) is 42.8 Å². The Labute approximate surface area is 197 Å². The fraction of sp³-hybridized carbons (Fsp3) is 0.280. The zero-order chi connectivity index (χ0) is 23.4. The molecule has 8 heteroatoms. The minimum Gasteiger partial charge on any atom is -0.449 e. The lowest BCUT2D eigenvalue weighted by Crippen LogP contribution is -2.50. The molecule has 2 amide bonds. The molecule has 3 aromatic rings. The molecule has 170 valence electrons. The van der Waals surface area contributed by atoms with Gasteiger partial charge < -0.3 is 14.5 Å². The second-order valence-electron chi connectivity index (χ2n) is 7.79. The van der Waals surface area contributed by atoms with E-state index in [2.05, 4.69) is 11.7 Å². The first-order valence-electron chi connectivity index (χ1n) is 10.9. The van der Waals surface area contributed by atoms with Gasteiger partial charge in [-0.3, -0.25) is 9.79 Å². The van der Waals surface area contributed by atoms with Gasteiger partial charge in [-0.15, -0.1) is 0 Å². The Morgan fingerprint density at radius 1 is 1.09 bits per heavy atom. The Kier molecular flexibility index (Phi) is 6.89. The summed E-state index contributed by atoms with van der Waals surface area (Å²) in [6.07, 6.45) is 0.456. The number of carbonyl (C=O) groups excluding carboxylic acids is 2. The molecule has 0 atom stereocenters. The molecule has 0 saturated carbocycles. The Balaban J connectivity index is 1.56. The molecule has 0 N–H and O–H groups in total. The third-order valence-corrected chi connectivity index (χ3v) is 5.92. The van der Waals surface area contributed by atoms with Crippen LogP contribution < -0.4 is 0 Å². The Morgan fingerprint density at radius 3 is 2.55 bits per heavy atom. The van der Waals surface area contributed by atoms with E-state index >= 15 is 0 Å².